The predicted octanol–water partition coefficient (Wildman–Crippen LogP) is 14.6. The summed E-state index contributed by atoms with van der Waals surface area (Å²) in [5.41, 5.74) is 12.5. The first kappa shape index (κ1) is 34.0. The molecule has 60 heavy (non-hydrogen) atoms. The molecule has 4 heteroatoms. The van der Waals surface area contributed by atoms with Gasteiger partial charge < -0.3 is 4.57 Å². The van der Waals surface area contributed by atoms with Gasteiger partial charge in [-0.1, -0.05) is 146 Å². The number of nitriles is 1. The molecule has 0 bridgehead atoms. The predicted molar refractivity (Wildman–Crippen MR) is 251 cm³/mol. The maximum absolute atomic E-state index is 9.97. The molecule has 0 fully saturated rings. The van der Waals surface area contributed by atoms with Crippen LogP contribution in [0, 0.1) is 11.3 Å². The van der Waals surface area contributed by atoms with Gasteiger partial charge in [0.1, 0.15) is 0 Å². The third-order valence-electron chi connectivity index (χ3n) is 12.2. The molecular formula is C56H34N4. The van der Waals surface area contributed by atoms with Crippen LogP contribution in [0.3, 0.4) is 0 Å². The van der Waals surface area contributed by atoms with E-state index in [-0.39, 0.29) is 0 Å². The second-order valence-electron chi connectivity index (χ2n) is 15.6. The van der Waals surface area contributed by atoms with Crippen LogP contribution in [0.1, 0.15) is 12.0 Å². The first-order valence-electron chi connectivity index (χ1n) is 20.4. The van der Waals surface area contributed by atoms with Gasteiger partial charge in [-0.3, -0.25) is 4.98 Å². The van der Waals surface area contributed by atoms with E-state index in [4.69, 9.17) is 9.97 Å². The molecule has 12 rings (SSSR count). The number of hydrogen-bond donors (Lipinski definition) is 0. The zero-order valence-electron chi connectivity index (χ0n) is 32.5. The zero-order valence-corrected chi connectivity index (χ0v) is 32.5. The number of rotatable bonds is 4. The van der Waals surface area contributed by atoms with Gasteiger partial charge in [0.25, 0.3) is 0 Å². The Labute approximate surface area is 345 Å². The molecule has 4 nitrogen and oxygen atoms in total. The van der Waals surface area contributed by atoms with Crippen molar-refractivity contribution in [2.24, 2.45) is 0 Å². The van der Waals surface area contributed by atoms with E-state index in [1.165, 1.54) is 43.8 Å². The van der Waals surface area contributed by atoms with E-state index in [0.29, 0.717) is 5.56 Å². The fraction of sp³-hybridized carbons (Fsp3) is 0.0179. The molecule has 0 aliphatic heterocycles. The van der Waals surface area contributed by atoms with E-state index >= 15 is 0 Å². The summed E-state index contributed by atoms with van der Waals surface area (Å²) in [4.78, 5) is 10.4. The molecule has 0 unspecified atom stereocenters. The van der Waals surface area contributed by atoms with Gasteiger partial charge >= 0.3 is 0 Å². The fourth-order valence-electron chi connectivity index (χ4n) is 9.62. The minimum atomic E-state index is 0.653. The van der Waals surface area contributed by atoms with Crippen molar-refractivity contribution in [2.75, 3.05) is 0 Å². The van der Waals surface area contributed by atoms with Crippen molar-refractivity contribution >= 4 is 81.6 Å². The topological polar surface area (TPSA) is 54.5 Å². The lowest BCUT2D eigenvalue weighted by atomic mass is 9.85. The SMILES string of the molecule is N#Cc1ccc2c(c1)c1cc(-c3c4ccccc4c(-c4ccc5c(c4)nc(-c4ccccc4)c4ncc6ccccc6c45)c4ccccc34)ccc1n2C1=CC=CC=CC1. The summed E-state index contributed by atoms with van der Waals surface area (Å²) in [5.74, 6) is 0. The quantitative estimate of drug-likeness (QED) is 0.133. The van der Waals surface area contributed by atoms with Gasteiger partial charge in [0.2, 0.25) is 0 Å². The van der Waals surface area contributed by atoms with E-state index in [1.807, 2.05) is 24.4 Å². The van der Waals surface area contributed by atoms with E-state index in [9.17, 15) is 5.26 Å². The Kier molecular flexibility index (Phi) is 7.63. The number of fused-ring (bicyclic) bond motifs is 10. The van der Waals surface area contributed by atoms with Crippen LogP contribution in [-0.4, -0.2) is 14.5 Å². The lowest BCUT2D eigenvalue weighted by Crippen LogP contribution is -1.96. The molecule has 0 N–H and O–H groups in total. The highest BCUT2D eigenvalue weighted by atomic mass is 15.0. The average molecular weight is 763 g/mol. The second-order valence-corrected chi connectivity index (χ2v) is 15.6. The molecule has 0 atom stereocenters. The lowest BCUT2D eigenvalue weighted by molar-refractivity contribution is 1.14. The molecular weight excluding hydrogens is 729 g/mol. The fourth-order valence-corrected chi connectivity index (χ4v) is 9.62. The molecule has 0 radical (unpaired) electrons. The van der Waals surface area contributed by atoms with Crippen molar-refractivity contribution in [3.63, 3.8) is 0 Å². The first-order valence-corrected chi connectivity index (χ1v) is 20.4. The maximum Gasteiger partial charge on any atom is 0.0991 e. The van der Waals surface area contributed by atoms with Crippen LogP contribution >= 0.6 is 0 Å². The summed E-state index contributed by atoms with van der Waals surface area (Å²) in [6.45, 7) is 0. The van der Waals surface area contributed by atoms with Crippen molar-refractivity contribution in [1.82, 2.24) is 14.5 Å². The summed E-state index contributed by atoms with van der Waals surface area (Å²) >= 11 is 0. The van der Waals surface area contributed by atoms with Crippen molar-refractivity contribution in [2.45, 2.75) is 6.42 Å². The molecule has 8 aromatic carbocycles. The Balaban J connectivity index is 1.12. The molecule has 11 aromatic rings. The zero-order chi connectivity index (χ0) is 39.7. The van der Waals surface area contributed by atoms with Crippen LogP contribution in [0.25, 0.3) is 115 Å². The highest BCUT2D eigenvalue weighted by molar-refractivity contribution is 6.25. The van der Waals surface area contributed by atoms with Crippen LogP contribution in [0.2, 0.25) is 0 Å². The maximum atomic E-state index is 9.97. The first-order chi connectivity index (χ1) is 29.7. The lowest BCUT2D eigenvalue weighted by Gasteiger charge is -2.19. The van der Waals surface area contributed by atoms with Gasteiger partial charge in [-0.15, -0.1) is 0 Å². The highest BCUT2D eigenvalue weighted by Gasteiger charge is 2.21. The van der Waals surface area contributed by atoms with Crippen molar-refractivity contribution in [3.05, 3.63) is 200 Å². The second kappa shape index (κ2) is 13.5. The van der Waals surface area contributed by atoms with Crippen LogP contribution in [0.15, 0.2) is 194 Å². The minimum absolute atomic E-state index is 0.653. The Hall–Kier alpha value is -8.13. The summed E-state index contributed by atoms with van der Waals surface area (Å²) in [7, 11) is 0. The van der Waals surface area contributed by atoms with Crippen molar-refractivity contribution in [1.29, 1.82) is 5.26 Å². The number of pyridine rings is 2. The third kappa shape index (κ3) is 5.16. The van der Waals surface area contributed by atoms with Crippen LogP contribution in [-0.2, 0) is 0 Å². The third-order valence-corrected chi connectivity index (χ3v) is 12.2. The molecule has 0 saturated heterocycles. The van der Waals surface area contributed by atoms with Crippen LogP contribution in [0.4, 0.5) is 0 Å². The Morgan fingerprint density at radius 1 is 0.517 bits per heavy atom. The highest BCUT2D eigenvalue weighted by Crippen LogP contribution is 2.46. The standard InChI is InChI=1S/C56H34N4/c57-33-35-24-28-50-47(30-35)48-31-37(26-29-51(48)60(50)40-17-6-1-2-7-18-40)52-42-20-10-12-22-44(42)53(45-23-13-11-21-43(45)52)38-25-27-46-49(32-38)59-55(36-14-4-3-5-15-36)56-54(46)41-19-9-8-16-39(41)34-58-56/h1-17,19-32,34H,18H2. The Bertz CT molecular complexity index is 3690. The molecule has 1 aliphatic carbocycles. The van der Waals surface area contributed by atoms with Gasteiger partial charge in [0, 0.05) is 50.8 Å². The monoisotopic (exact) mass is 762 g/mol. The average Bonchev–Trinajstić information content (AvgIpc) is 3.41. The Morgan fingerprint density at radius 2 is 1.15 bits per heavy atom. The van der Waals surface area contributed by atoms with E-state index in [2.05, 4.69) is 181 Å². The van der Waals surface area contributed by atoms with Crippen LogP contribution < -0.4 is 0 Å². The van der Waals surface area contributed by atoms with Gasteiger partial charge in [-0.05, 0) is 91.7 Å². The van der Waals surface area contributed by atoms with Crippen LogP contribution in [0.5, 0.6) is 0 Å². The molecule has 3 heterocycles. The normalized spacial score (nSPS) is 12.9. The summed E-state index contributed by atoms with van der Waals surface area (Å²) in [5, 5.41) is 21.4. The molecule has 3 aromatic heterocycles. The van der Waals surface area contributed by atoms with Gasteiger partial charge in [-0.25, -0.2) is 4.98 Å². The van der Waals surface area contributed by atoms with Crippen molar-refractivity contribution in [3.8, 4) is 39.6 Å². The smallest absolute Gasteiger partial charge is 0.0991 e. The Morgan fingerprint density at radius 3 is 1.88 bits per heavy atom. The van der Waals surface area contributed by atoms with E-state index in [1.54, 1.807) is 0 Å². The molecule has 0 saturated carbocycles. The van der Waals surface area contributed by atoms with E-state index in [0.717, 1.165) is 77.8 Å². The van der Waals surface area contributed by atoms with Gasteiger partial charge in [0.15, 0.2) is 0 Å². The molecule has 1 aliphatic rings. The number of allylic oxidation sites excluding steroid dienone is 6. The summed E-state index contributed by atoms with van der Waals surface area (Å²) in [6.07, 6.45) is 13.4. The molecule has 0 spiro atoms. The minimum Gasteiger partial charge on any atom is -0.313 e. The van der Waals surface area contributed by atoms with Crippen molar-refractivity contribution < 1.29 is 0 Å². The largest absolute Gasteiger partial charge is 0.313 e. The van der Waals surface area contributed by atoms with E-state index < -0.39 is 0 Å². The molecule has 0 amide bonds. The summed E-state index contributed by atoms with van der Waals surface area (Å²) < 4.78 is 2.36. The molecule has 278 valence electrons. The number of hydrogen-bond acceptors (Lipinski definition) is 3. The number of benzene rings is 8. The van der Waals surface area contributed by atoms with Gasteiger partial charge in [0.05, 0.1) is 39.4 Å². The van der Waals surface area contributed by atoms with Gasteiger partial charge in [-0.2, -0.15) is 5.26 Å². The number of nitrogens with zero attached hydrogens (tertiary/aromatic N) is 4. The number of aromatic nitrogens is 3. The summed E-state index contributed by atoms with van der Waals surface area (Å²) in [6, 6.07) is 58.6.